The smallest absolute Gasteiger partial charge is 0.198 e. The molecule has 0 spiro atoms. The molecule has 2 heterocycles. The number of hydrogen-bond acceptors (Lipinski definition) is 6. The van der Waals surface area contributed by atoms with Gasteiger partial charge < -0.3 is 16.4 Å². The highest BCUT2D eigenvalue weighted by Crippen LogP contribution is 2.41. The van der Waals surface area contributed by atoms with E-state index in [1.165, 1.54) is 0 Å². The van der Waals surface area contributed by atoms with Crippen molar-refractivity contribution in [2.45, 2.75) is 6.54 Å². The average molecular weight is 336 g/mol. The van der Waals surface area contributed by atoms with Gasteiger partial charge in [0.25, 0.3) is 0 Å². The van der Waals surface area contributed by atoms with Crippen LogP contribution in [0.25, 0.3) is 22.2 Å². The molecule has 0 saturated carbocycles. The van der Waals surface area contributed by atoms with Crippen LogP contribution in [0.2, 0.25) is 0 Å². The van der Waals surface area contributed by atoms with Crippen LogP contribution in [-0.4, -0.2) is 47.2 Å². The Morgan fingerprint density at radius 2 is 2.08 bits per heavy atom. The van der Waals surface area contributed by atoms with E-state index in [1.54, 1.807) is 12.4 Å². The second-order valence-corrected chi connectivity index (χ2v) is 6.02. The predicted octanol–water partition coefficient (Wildman–Crippen LogP) is 1.23. The molecular weight excluding hydrogens is 316 g/mol. The molecule has 0 amide bonds. The molecule has 0 radical (unpaired) electrons. The number of aromatic nitrogens is 3. The SMILES string of the molecule is CNCCn1nc2c3c(c(NCCN)ccc31)C(=O)c1cnccc1-2. The second kappa shape index (κ2) is 6.27. The number of carbonyl (C=O) groups excluding carboxylic acids is 1. The van der Waals surface area contributed by atoms with Crippen LogP contribution in [-0.2, 0) is 6.54 Å². The predicted molar refractivity (Wildman–Crippen MR) is 97.9 cm³/mol. The van der Waals surface area contributed by atoms with Crippen molar-refractivity contribution in [1.29, 1.82) is 0 Å². The molecule has 4 N–H and O–H groups in total. The van der Waals surface area contributed by atoms with E-state index in [0.29, 0.717) is 24.2 Å². The van der Waals surface area contributed by atoms with E-state index >= 15 is 0 Å². The zero-order valence-electron chi connectivity index (χ0n) is 14.0. The first-order chi connectivity index (χ1) is 12.3. The summed E-state index contributed by atoms with van der Waals surface area (Å²) in [5, 5.41) is 12.1. The lowest BCUT2D eigenvalue weighted by molar-refractivity contribution is 0.104. The normalized spacial score (nSPS) is 12.5. The standard InChI is InChI=1S/C18H20N6O/c1-20-8-9-24-14-3-2-13(22-7-5-19)15-16(14)17(23-24)11-4-6-21-10-12(11)18(15)25/h2-4,6,10,20,22H,5,7-9,19H2,1H3. The number of rotatable bonds is 6. The van der Waals surface area contributed by atoms with Crippen LogP contribution in [0.4, 0.5) is 5.69 Å². The Labute approximate surface area is 145 Å². The molecule has 3 aromatic rings. The fourth-order valence-electron chi connectivity index (χ4n) is 3.35. The molecule has 2 aromatic heterocycles. The molecule has 1 aromatic carbocycles. The molecule has 7 nitrogen and oxygen atoms in total. The van der Waals surface area contributed by atoms with Crippen LogP contribution in [0.1, 0.15) is 15.9 Å². The van der Waals surface area contributed by atoms with Gasteiger partial charge in [-0.25, -0.2) is 0 Å². The minimum atomic E-state index is -0.0195. The van der Waals surface area contributed by atoms with Crippen LogP contribution < -0.4 is 16.4 Å². The first kappa shape index (κ1) is 15.7. The molecule has 0 fully saturated rings. The molecule has 4 rings (SSSR count). The van der Waals surface area contributed by atoms with Crippen molar-refractivity contribution in [3.63, 3.8) is 0 Å². The molecule has 128 valence electrons. The third-order valence-corrected chi connectivity index (χ3v) is 4.50. The third-order valence-electron chi connectivity index (χ3n) is 4.50. The van der Waals surface area contributed by atoms with E-state index in [0.717, 1.165) is 40.9 Å². The molecule has 25 heavy (non-hydrogen) atoms. The number of hydrogen-bond donors (Lipinski definition) is 3. The van der Waals surface area contributed by atoms with Crippen molar-refractivity contribution in [2.75, 3.05) is 32.0 Å². The molecule has 0 atom stereocenters. The van der Waals surface area contributed by atoms with Gasteiger partial charge in [0.1, 0.15) is 5.69 Å². The zero-order valence-corrected chi connectivity index (χ0v) is 14.0. The average Bonchev–Trinajstić information content (AvgIpc) is 3.02. The van der Waals surface area contributed by atoms with Gasteiger partial charge in [0.05, 0.1) is 23.2 Å². The van der Waals surface area contributed by atoms with Gasteiger partial charge >= 0.3 is 0 Å². The summed E-state index contributed by atoms with van der Waals surface area (Å²) in [6.45, 7) is 2.64. The molecule has 0 bridgehead atoms. The van der Waals surface area contributed by atoms with Crippen molar-refractivity contribution in [3.8, 4) is 11.3 Å². The molecule has 0 saturated heterocycles. The Bertz CT molecular complexity index is 962. The quantitative estimate of drug-likeness (QED) is 0.490. The summed E-state index contributed by atoms with van der Waals surface area (Å²) >= 11 is 0. The van der Waals surface area contributed by atoms with Crippen molar-refractivity contribution in [2.24, 2.45) is 5.73 Å². The van der Waals surface area contributed by atoms with Gasteiger partial charge in [-0.15, -0.1) is 0 Å². The number of nitrogens with one attached hydrogen (secondary N) is 2. The number of anilines is 1. The number of pyridine rings is 1. The summed E-state index contributed by atoms with van der Waals surface area (Å²) in [5.41, 5.74) is 10.3. The molecule has 7 heteroatoms. The van der Waals surface area contributed by atoms with Crippen LogP contribution in [0.3, 0.4) is 0 Å². The maximum absolute atomic E-state index is 13.1. The number of fused-ring (bicyclic) bond motifs is 2. The summed E-state index contributed by atoms with van der Waals surface area (Å²) in [6.07, 6.45) is 3.32. The van der Waals surface area contributed by atoms with E-state index in [1.807, 2.05) is 29.9 Å². The molecule has 1 aliphatic rings. The van der Waals surface area contributed by atoms with Gasteiger partial charge in [0.2, 0.25) is 0 Å². The monoisotopic (exact) mass is 336 g/mol. The van der Waals surface area contributed by atoms with Gasteiger partial charge in [-0.1, -0.05) is 0 Å². The summed E-state index contributed by atoms with van der Waals surface area (Å²) in [6, 6.07) is 5.82. The van der Waals surface area contributed by atoms with Gasteiger partial charge in [-0.05, 0) is 25.2 Å². The van der Waals surface area contributed by atoms with Crippen molar-refractivity contribution in [1.82, 2.24) is 20.1 Å². The number of ketones is 1. The van der Waals surface area contributed by atoms with Crippen LogP contribution in [0.15, 0.2) is 30.6 Å². The third kappa shape index (κ3) is 2.40. The Morgan fingerprint density at radius 3 is 2.88 bits per heavy atom. The minimum Gasteiger partial charge on any atom is -0.383 e. The van der Waals surface area contributed by atoms with Crippen LogP contribution in [0.5, 0.6) is 0 Å². The van der Waals surface area contributed by atoms with Crippen LogP contribution >= 0.6 is 0 Å². The minimum absolute atomic E-state index is 0.0195. The number of likely N-dealkylation sites (N-methyl/N-ethyl adjacent to an activating group) is 1. The lowest BCUT2D eigenvalue weighted by Crippen LogP contribution is -2.17. The van der Waals surface area contributed by atoms with Gasteiger partial charge in [-0.2, -0.15) is 5.10 Å². The molecular formula is C18H20N6O. The lowest BCUT2D eigenvalue weighted by Gasteiger charge is -2.18. The number of carbonyl (C=O) groups is 1. The van der Waals surface area contributed by atoms with Gasteiger partial charge in [0, 0.05) is 48.7 Å². The summed E-state index contributed by atoms with van der Waals surface area (Å²) < 4.78 is 1.96. The number of nitrogens with two attached hydrogens (primary N) is 1. The zero-order chi connectivity index (χ0) is 17.4. The molecule has 1 aliphatic carbocycles. The van der Waals surface area contributed by atoms with Crippen molar-refractivity contribution >= 4 is 22.4 Å². The first-order valence-electron chi connectivity index (χ1n) is 8.37. The van der Waals surface area contributed by atoms with E-state index in [9.17, 15) is 4.79 Å². The number of nitrogens with zero attached hydrogens (tertiary/aromatic N) is 3. The topological polar surface area (TPSA) is 97.9 Å². The highest BCUT2D eigenvalue weighted by molar-refractivity contribution is 6.27. The highest BCUT2D eigenvalue weighted by Gasteiger charge is 2.31. The highest BCUT2D eigenvalue weighted by atomic mass is 16.1. The van der Waals surface area contributed by atoms with Gasteiger partial charge in [0.15, 0.2) is 5.78 Å². The van der Waals surface area contributed by atoms with E-state index < -0.39 is 0 Å². The van der Waals surface area contributed by atoms with Crippen molar-refractivity contribution < 1.29 is 4.79 Å². The first-order valence-corrected chi connectivity index (χ1v) is 8.37. The lowest BCUT2D eigenvalue weighted by atomic mass is 9.87. The summed E-state index contributed by atoms with van der Waals surface area (Å²) in [5.74, 6) is -0.0195. The molecule has 0 aliphatic heterocycles. The Hall–Kier alpha value is -2.77. The Kier molecular flexibility index (Phi) is 3.95. The van der Waals surface area contributed by atoms with E-state index in [-0.39, 0.29) is 5.78 Å². The summed E-state index contributed by atoms with van der Waals surface area (Å²) in [7, 11) is 1.91. The fourth-order valence-corrected chi connectivity index (χ4v) is 3.35. The van der Waals surface area contributed by atoms with E-state index in [2.05, 4.69) is 15.6 Å². The van der Waals surface area contributed by atoms with Crippen molar-refractivity contribution in [3.05, 3.63) is 41.7 Å². The van der Waals surface area contributed by atoms with E-state index in [4.69, 9.17) is 10.8 Å². The number of benzene rings is 1. The molecule has 0 unspecified atom stereocenters. The largest absolute Gasteiger partial charge is 0.383 e. The maximum Gasteiger partial charge on any atom is 0.198 e. The second-order valence-electron chi connectivity index (χ2n) is 6.02. The maximum atomic E-state index is 13.1. The van der Waals surface area contributed by atoms with Gasteiger partial charge in [-0.3, -0.25) is 14.5 Å². The Balaban J connectivity index is 2.00. The fraction of sp³-hybridized carbons (Fsp3) is 0.278. The summed E-state index contributed by atoms with van der Waals surface area (Å²) in [4.78, 5) is 17.3. The Morgan fingerprint density at radius 1 is 1.20 bits per heavy atom. The van der Waals surface area contributed by atoms with Crippen LogP contribution in [0, 0.1) is 0 Å².